The highest BCUT2D eigenvalue weighted by molar-refractivity contribution is 7.99. The van der Waals surface area contributed by atoms with E-state index in [4.69, 9.17) is 4.74 Å². The lowest BCUT2D eigenvalue weighted by molar-refractivity contribution is -0.130. The van der Waals surface area contributed by atoms with Crippen LogP contribution in [0.4, 0.5) is 5.95 Å². The Balaban J connectivity index is 1.45. The van der Waals surface area contributed by atoms with Crippen molar-refractivity contribution in [1.29, 1.82) is 0 Å². The average Bonchev–Trinajstić information content (AvgIpc) is 3.36. The van der Waals surface area contributed by atoms with Gasteiger partial charge in [0, 0.05) is 31.7 Å². The van der Waals surface area contributed by atoms with Gasteiger partial charge >= 0.3 is 0 Å². The van der Waals surface area contributed by atoms with E-state index in [1.54, 1.807) is 4.90 Å². The van der Waals surface area contributed by atoms with E-state index in [1.807, 2.05) is 0 Å². The smallest absolute Gasteiger partial charge is 0.233 e. The van der Waals surface area contributed by atoms with Gasteiger partial charge in [0.05, 0.1) is 30.5 Å². The third-order valence-corrected chi connectivity index (χ3v) is 8.39. The molecule has 0 radical (unpaired) electrons. The second-order valence-corrected chi connectivity index (χ2v) is 11.9. The lowest BCUT2D eigenvalue weighted by Crippen LogP contribution is -2.44. The highest BCUT2D eigenvalue weighted by Gasteiger charge is 2.36. The summed E-state index contributed by atoms with van der Waals surface area (Å²) in [6.45, 7) is 7.65. The number of hydrogen-bond donors (Lipinski definition) is 0. The molecule has 1 amide bonds. The van der Waals surface area contributed by atoms with Crippen LogP contribution in [0.25, 0.3) is 0 Å². The molecule has 0 aromatic carbocycles. The fourth-order valence-corrected chi connectivity index (χ4v) is 6.69. The van der Waals surface area contributed by atoms with Gasteiger partial charge in [0.25, 0.3) is 0 Å². The molecule has 11 heteroatoms. The van der Waals surface area contributed by atoms with E-state index in [9.17, 15) is 13.2 Å². The van der Waals surface area contributed by atoms with Gasteiger partial charge in [-0.3, -0.25) is 9.36 Å². The topological polar surface area (TPSA) is 97.6 Å². The fraction of sp³-hybridized carbons (Fsp3) is 0.842. The van der Waals surface area contributed by atoms with Crippen molar-refractivity contribution in [3.05, 3.63) is 0 Å². The molecule has 1 unspecified atom stereocenters. The molecule has 1 aliphatic carbocycles. The zero-order valence-corrected chi connectivity index (χ0v) is 19.3. The summed E-state index contributed by atoms with van der Waals surface area (Å²) in [6, 6.07) is 0.193. The van der Waals surface area contributed by atoms with Gasteiger partial charge in [0.15, 0.2) is 15.0 Å². The molecule has 4 rings (SSSR count). The van der Waals surface area contributed by atoms with Crippen LogP contribution in [0.5, 0.6) is 0 Å². The van der Waals surface area contributed by atoms with Gasteiger partial charge < -0.3 is 14.5 Å². The van der Waals surface area contributed by atoms with Gasteiger partial charge in [0.2, 0.25) is 11.9 Å². The number of amides is 1. The molecule has 30 heavy (non-hydrogen) atoms. The number of hydrogen-bond acceptors (Lipinski definition) is 8. The second kappa shape index (κ2) is 9.04. The molecule has 9 nitrogen and oxygen atoms in total. The van der Waals surface area contributed by atoms with Crippen LogP contribution in [0.3, 0.4) is 0 Å². The molecule has 0 bridgehead atoms. The Bertz CT molecular complexity index is 862. The van der Waals surface area contributed by atoms with Crippen molar-refractivity contribution in [2.24, 2.45) is 5.92 Å². The SMILES string of the molecule is CC(C)CN(C(=O)CSc1nnc(N2CCOCC2)n1C1CC1)C1CCS(=O)(=O)C1. The van der Waals surface area contributed by atoms with Crippen molar-refractivity contribution < 1.29 is 17.9 Å². The number of aromatic nitrogens is 3. The molecule has 0 N–H and O–H groups in total. The Morgan fingerprint density at radius 3 is 2.57 bits per heavy atom. The van der Waals surface area contributed by atoms with E-state index < -0.39 is 9.84 Å². The van der Waals surface area contributed by atoms with Crippen molar-refractivity contribution >= 4 is 33.5 Å². The number of carbonyl (C=O) groups excluding carboxylic acids is 1. The minimum absolute atomic E-state index is 0.0194. The number of rotatable bonds is 8. The van der Waals surface area contributed by atoms with Gasteiger partial charge in [-0.05, 0) is 25.2 Å². The first-order chi connectivity index (χ1) is 14.3. The van der Waals surface area contributed by atoms with Crippen molar-refractivity contribution in [1.82, 2.24) is 19.7 Å². The predicted octanol–water partition coefficient (Wildman–Crippen LogP) is 1.21. The monoisotopic (exact) mass is 457 g/mol. The third-order valence-electron chi connectivity index (χ3n) is 5.71. The fourth-order valence-electron chi connectivity index (χ4n) is 4.08. The summed E-state index contributed by atoms with van der Waals surface area (Å²) in [5.74, 6) is 1.63. The lowest BCUT2D eigenvalue weighted by atomic mass is 10.1. The summed E-state index contributed by atoms with van der Waals surface area (Å²) in [4.78, 5) is 17.1. The number of morpholine rings is 1. The first-order valence-corrected chi connectivity index (χ1v) is 13.5. The van der Waals surface area contributed by atoms with E-state index in [0.29, 0.717) is 32.2 Å². The number of thioether (sulfide) groups is 1. The van der Waals surface area contributed by atoms with Crippen LogP contribution in [0.1, 0.15) is 39.2 Å². The molecule has 3 aliphatic rings. The average molecular weight is 458 g/mol. The largest absolute Gasteiger partial charge is 0.378 e. The molecule has 168 valence electrons. The Morgan fingerprint density at radius 2 is 1.97 bits per heavy atom. The highest BCUT2D eigenvalue weighted by atomic mass is 32.2. The summed E-state index contributed by atoms with van der Waals surface area (Å²) in [5, 5.41) is 9.59. The molecule has 3 heterocycles. The molecule has 2 saturated heterocycles. The summed E-state index contributed by atoms with van der Waals surface area (Å²) >= 11 is 1.41. The molecular formula is C19H31N5O4S2. The van der Waals surface area contributed by atoms with Gasteiger partial charge in [0.1, 0.15) is 0 Å². The number of nitrogens with zero attached hydrogens (tertiary/aromatic N) is 5. The minimum atomic E-state index is -3.04. The number of sulfone groups is 1. The number of ether oxygens (including phenoxy) is 1. The van der Waals surface area contributed by atoms with E-state index >= 15 is 0 Å². The molecule has 3 fully saturated rings. The zero-order valence-electron chi connectivity index (χ0n) is 17.7. The third kappa shape index (κ3) is 5.11. The number of carbonyl (C=O) groups is 1. The van der Waals surface area contributed by atoms with Crippen molar-refractivity contribution in [2.75, 3.05) is 55.0 Å². The Hall–Kier alpha value is -1.33. The number of anilines is 1. The van der Waals surface area contributed by atoms with Crippen LogP contribution in [-0.4, -0.2) is 90.1 Å². The summed E-state index contributed by atoms with van der Waals surface area (Å²) < 4.78 is 31.5. The van der Waals surface area contributed by atoms with Crippen LogP contribution < -0.4 is 4.90 Å². The maximum absolute atomic E-state index is 13.1. The second-order valence-electron chi connectivity index (χ2n) is 8.77. The molecule has 0 spiro atoms. The summed E-state index contributed by atoms with van der Waals surface area (Å²) in [7, 11) is -3.04. The predicted molar refractivity (Wildman–Crippen MR) is 116 cm³/mol. The molecule has 2 aliphatic heterocycles. The van der Waals surface area contributed by atoms with Crippen LogP contribution in [0, 0.1) is 5.92 Å². The van der Waals surface area contributed by atoms with Crippen LogP contribution in [0.2, 0.25) is 0 Å². The van der Waals surface area contributed by atoms with Crippen molar-refractivity contribution in [3.8, 4) is 0 Å². The summed E-state index contributed by atoms with van der Waals surface area (Å²) in [5.41, 5.74) is 0. The van der Waals surface area contributed by atoms with E-state index in [1.165, 1.54) is 11.8 Å². The first-order valence-electron chi connectivity index (χ1n) is 10.7. The van der Waals surface area contributed by atoms with Crippen LogP contribution in [0.15, 0.2) is 5.16 Å². The Morgan fingerprint density at radius 1 is 1.23 bits per heavy atom. The normalized spacial score (nSPS) is 23.8. The van der Waals surface area contributed by atoms with E-state index in [2.05, 4.69) is 33.5 Å². The molecule has 1 atom stereocenters. The van der Waals surface area contributed by atoms with Crippen LogP contribution >= 0.6 is 11.8 Å². The molecule has 1 aromatic rings. The minimum Gasteiger partial charge on any atom is -0.378 e. The van der Waals surface area contributed by atoms with Crippen molar-refractivity contribution in [2.45, 2.75) is 50.4 Å². The highest BCUT2D eigenvalue weighted by Crippen LogP contribution is 2.41. The standard InChI is InChI=1S/C19H31N5O4S2/c1-14(2)11-23(16-5-10-30(26,27)13-16)17(25)12-29-19-21-20-18(24(19)15-3-4-15)22-6-8-28-9-7-22/h14-16H,3-13H2,1-2H3. The van der Waals surface area contributed by atoms with Gasteiger partial charge in [-0.25, -0.2) is 8.42 Å². The Labute approximate surface area is 182 Å². The summed E-state index contributed by atoms with van der Waals surface area (Å²) in [6.07, 6.45) is 2.75. The van der Waals surface area contributed by atoms with E-state index in [-0.39, 0.29) is 35.1 Å². The lowest BCUT2D eigenvalue weighted by Gasteiger charge is -2.30. The Kier molecular flexibility index (Phi) is 6.59. The maximum Gasteiger partial charge on any atom is 0.233 e. The quantitative estimate of drug-likeness (QED) is 0.538. The van der Waals surface area contributed by atoms with Crippen LogP contribution in [-0.2, 0) is 19.4 Å². The molecule has 1 saturated carbocycles. The van der Waals surface area contributed by atoms with Gasteiger partial charge in [-0.15, -0.1) is 10.2 Å². The van der Waals surface area contributed by atoms with Gasteiger partial charge in [-0.2, -0.15) is 0 Å². The van der Waals surface area contributed by atoms with E-state index in [0.717, 1.165) is 37.0 Å². The maximum atomic E-state index is 13.1. The molecule has 1 aromatic heterocycles. The van der Waals surface area contributed by atoms with Crippen molar-refractivity contribution in [3.63, 3.8) is 0 Å². The first kappa shape index (κ1) is 21.9. The zero-order chi connectivity index (χ0) is 21.3. The molecular weight excluding hydrogens is 426 g/mol. The van der Waals surface area contributed by atoms with Gasteiger partial charge in [-0.1, -0.05) is 25.6 Å².